The summed E-state index contributed by atoms with van der Waals surface area (Å²) in [4.78, 5) is 28.7. The third kappa shape index (κ3) is 6.36. The summed E-state index contributed by atoms with van der Waals surface area (Å²) in [6.45, 7) is 1.55. The van der Waals surface area contributed by atoms with E-state index in [0.717, 1.165) is 16.3 Å². The highest BCUT2D eigenvalue weighted by atomic mass is 32.2. The highest BCUT2D eigenvalue weighted by Crippen LogP contribution is 2.39. The number of para-hydroxylation sites is 1. The van der Waals surface area contributed by atoms with Crippen LogP contribution in [0.4, 0.5) is 17.1 Å². The van der Waals surface area contributed by atoms with Crippen LogP contribution in [0.15, 0.2) is 79.9 Å². The van der Waals surface area contributed by atoms with Gasteiger partial charge in [0.05, 0.1) is 36.9 Å². The molecule has 1 fully saturated rings. The number of hydrogen-bond donors (Lipinski definition) is 1. The number of hydrogen-bond acceptors (Lipinski definition) is 12. The molecule has 4 aromatic rings. The van der Waals surface area contributed by atoms with Gasteiger partial charge in [-0.05, 0) is 31.3 Å². The van der Waals surface area contributed by atoms with E-state index in [9.17, 15) is 28.6 Å². The maximum Gasteiger partial charge on any atom is 0.283 e. The molecule has 1 saturated heterocycles. The van der Waals surface area contributed by atoms with Gasteiger partial charge in [0, 0.05) is 49.9 Å². The van der Waals surface area contributed by atoms with Gasteiger partial charge in [0.1, 0.15) is 4.90 Å². The highest BCUT2D eigenvalue weighted by molar-refractivity contribution is 8.01. The predicted molar refractivity (Wildman–Crippen MR) is 157 cm³/mol. The Morgan fingerprint density at radius 3 is 2.49 bits per heavy atom. The average Bonchev–Trinajstić information content (AvgIpc) is 3.36. The summed E-state index contributed by atoms with van der Waals surface area (Å²) in [7, 11) is -2.18. The second-order valence-electron chi connectivity index (χ2n) is 9.05. The lowest BCUT2D eigenvalue weighted by atomic mass is 10.2. The predicted octanol–water partition coefficient (Wildman–Crippen LogP) is 4.65. The van der Waals surface area contributed by atoms with Gasteiger partial charge in [-0.15, -0.1) is 11.3 Å². The number of hydrazone groups is 1. The normalized spacial score (nSPS) is 15.0. The summed E-state index contributed by atoms with van der Waals surface area (Å²) < 4.78 is 29.7. The van der Waals surface area contributed by atoms with Crippen molar-refractivity contribution >= 4 is 66.6 Å². The number of thiazole rings is 1. The molecule has 212 valence electrons. The van der Waals surface area contributed by atoms with E-state index in [0.29, 0.717) is 27.9 Å². The maximum absolute atomic E-state index is 13.4. The van der Waals surface area contributed by atoms with E-state index in [1.165, 1.54) is 51.8 Å². The van der Waals surface area contributed by atoms with Gasteiger partial charge in [-0.3, -0.25) is 25.7 Å². The van der Waals surface area contributed by atoms with Gasteiger partial charge in [-0.1, -0.05) is 30.0 Å². The van der Waals surface area contributed by atoms with Crippen molar-refractivity contribution in [1.82, 2.24) is 14.2 Å². The largest absolute Gasteiger partial charge is 0.304 e. The number of nitro groups is 2. The van der Waals surface area contributed by atoms with E-state index >= 15 is 0 Å². The number of aromatic nitrogens is 1. The molecule has 3 aromatic carbocycles. The summed E-state index contributed by atoms with van der Waals surface area (Å²) >= 11 is 2.64. The number of non-ortho nitro benzene ring substituents is 1. The molecule has 0 unspecified atom stereocenters. The molecule has 5 rings (SSSR count). The van der Waals surface area contributed by atoms with Crippen LogP contribution in [-0.4, -0.2) is 71.9 Å². The van der Waals surface area contributed by atoms with Gasteiger partial charge < -0.3 is 4.90 Å². The van der Waals surface area contributed by atoms with Crippen LogP contribution in [0.5, 0.6) is 0 Å². The van der Waals surface area contributed by atoms with E-state index in [1.807, 2.05) is 36.2 Å². The number of benzene rings is 3. The standard InChI is InChI=1S/C25H23N7O6S3/c1-29-10-12-30(13-11-29)41(37,38)24-15-18(31(33)34)7-8-20(24)28-26-16-17-6-9-23(21(14-17)32(35)36)40-25-27-19-4-2-3-5-22(19)39-25/h2-9,14-16,28H,10-13H2,1H3/b26-16-. The van der Waals surface area contributed by atoms with E-state index in [4.69, 9.17) is 0 Å². The first-order chi connectivity index (χ1) is 19.6. The third-order valence-electron chi connectivity index (χ3n) is 6.31. The molecule has 41 heavy (non-hydrogen) atoms. The molecular formula is C25H23N7O6S3. The van der Waals surface area contributed by atoms with Gasteiger partial charge in [-0.2, -0.15) is 9.41 Å². The molecular weight excluding hydrogens is 591 g/mol. The van der Waals surface area contributed by atoms with Gasteiger partial charge >= 0.3 is 0 Å². The number of nitrogens with one attached hydrogen (secondary N) is 1. The zero-order valence-corrected chi connectivity index (χ0v) is 24.0. The highest BCUT2D eigenvalue weighted by Gasteiger charge is 2.31. The first kappa shape index (κ1) is 28.6. The molecule has 1 aromatic heterocycles. The second-order valence-corrected chi connectivity index (χ2v) is 13.3. The molecule has 2 heterocycles. The Balaban J connectivity index is 1.38. The minimum Gasteiger partial charge on any atom is -0.304 e. The first-order valence-corrected chi connectivity index (χ1v) is 15.3. The van der Waals surface area contributed by atoms with Gasteiger partial charge in [0.2, 0.25) is 10.0 Å². The number of fused-ring (bicyclic) bond motifs is 1. The van der Waals surface area contributed by atoms with Crippen LogP contribution in [0.3, 0.4) is 0 Å². The quantitative estimate of drug-likeness (QED) is 0.160. The van der Waals surface area contributed by atoms with Crippen molar-refractivity contribution in [3.8, 4) is 0 Å². The summed E-state index contributed by atoms with van der Waals surface area (Å²) in [6, 6.07) is 15.7. The Morgan fingerprint density at radius 2 is 1.78 bits per heavy atom. The molecule has 1 aliphatic rings. The van der Waals surface area contributed by atoms with Gasteiger partial charge in [0.25, 0.3) is 11.4 Å². The van der Waals surface area contributed by atoms with Crippen LogP contribution < -0.4 is 5.43 Å². The molecule has 1 aliphatic heterocycles. The Bertz CT molecular complexity index is 1740. The van der Waals surface area contributed by atoms with Crippen molar-refractivity contribution in [3.63, 3.8) is 0 Å². The fraction of sp³-hybridized carbons (Fsp3) is 0.200. The van der Waals surface area contributed by atoms with Crippen LogP contribution >= 0.6 is 23.1 Å². The Labute approximate surface area is 242 Å². The molecule has 1 N–H and O–H groups in total. The Hall–Kier alpha value is -3.96. The molecule has 0 bridgehead atoms. The maximum atomic E-state index is 13.4. The minimum absolute atomic E-state index is 0.0447. The van der Waals surface area contributed by atoms with E-state index in [2.05, 4.69) is 15.5 Å². The number of nitro benzene ring substituents is 2. The third-order valence-corrected chi connectivity index (χ3v) is 10.4. The summed E-state index contributed by atoms with van der Waals surface area (Å²) in [6.07, 6.45) is 1.31. The van der Waals surface area contributed by atoms with Crippen molar-refractivity contribution in [2.75, 3.05) is 38.7 Å². The molecule has 13 nitrogen and oxygen atoms in total. The average molecular weight is 614 g/mol. The van der Waals surface area contributed by atoms with E-state index in [1.54, 1.807) is 12.1 Å². The number of nitrogens with zero attached hydrogens (tertiary/aromatic N) is 6. The fourth-order valence-electron chi connectivity index (χ4n) is 4.11. The monoisotopic (exact) mass is 613 g/mol. The first-order valence-electron chi connectivity index (χ1n) is 12.2. The number of piperazine rings is 1. The van der Waals surface area contributed by atoms with E-state index < -0.39 is 19.9 Å². The smallest absolute Gasteiger partial charge is 0.283 e. The van der Waals surface area contributed by atoms with Gasteiger partial charge in [-0.25, -0.2) is 13.4 Å². The second kappa shape index (κ2) is 11.9. The number of rotatable bonds is 9. The Morgan fingerprint density at radius 1 is 1.02 bits per heavy atom. The molecule has 16 heteroatoms. The zero-order valence-electron chi connectivity index (χ0n) is 21.5. The van der Waals surface area contributed by atoms with Crippen LogP contribution in [0.2, 0.25) is 0 Å². The molecule has 0 atom stereocenters. The molecule has 0 amide bonds. The molecule has 0 radical (unpaired) electrons. The minimum atomic E-state index is -4.06. The number of sulfonamides is 1. The molecule has 0 aliphatic carbocycles. The summed E-state index contributed by atoms with van der Waals surface area (Å²) in [5, 5.41) is 27.3. The summed E-state index contributed by atoms with van der Waals surface area (Å²) in [5.74, 6) is 0. The topological polar surface area (TPSA) is 164 Å². The Kier molecular flexibility index (Phi) is 8.27. The fourth-order valence-corrected chi connectivity index (χ4v) is 7.80. The molecule has 0 spiro atoms. The molecule has 0 saturated carbocycles. The van der Waals surface area contributed by atoms with Crippen molar-refractivity contribution < 1.29 is 18.3 Å². The van der Waals surface area contributed by atoms with Crippen molar-refractivity contribution in [2.24, 2.45) is 5.10 Å². The van der Waals surface area contributed by atoms with Crippen LogP contribution in [0.25, 0.3) is 10.2 Å². The lowest BCUT2D eigenvalue weighted by Crippen LogP contribution is -2.47. The van der Waals surface area contributed by atoms with Gasteiger partial charge in [0.15, 0.2) is 4.34 Å². The van der Waals surface area contributed by atoms with Crippen molar-refractivity contribution in [3.05, 3.63) is 86.5 Å². The SMILES string of the molecule is CN1CCN(S(=O)(=O)c2cc([N+](=O)[O-])ccc2N/N=C\c2ccc(Sc3nc4ccccc4s3)c([N+](=O)[O-])c2)CC1. The van der Waals surface area contributed by atoms with Crippen LogP contribution in [0, 0.1) is 20.2 Å². The lowest BCUT2D eigenvalue weighted by molar-refractivity contribution is -0.387. The van der Waals surface area contributed by atoms with Crippen molar-refractivity contribution in [2.45, 2.75) is 14.1 Å². The van der Waals surface area contributed by atoms with E-state index in [-0.39, 0.29) is 35.0 Å². The van der Waals surface area contributed by atoms with Crippen LogP contribution in [0.1, 0.15) is 5.56 Å². The zero-order chi connectivity index (χ0) is 29.1. The number of likely N-dealkylation sites (N-methyl/N-ethyl adjacent to an activating group) is 1. The van der Waals surface area contributed by atoms with Crippen LogP contribution in [-0.2, 0) is 10.0 Å². The summed E-state index contributed by atoms with van der Waals surface area (Å²) in [5.41, 5.74) is 3.40. The van der Waals surface area contributed by atoms with Crippen molar-refractivity contribution in [1.29, 1.82) is 0 Å². The number of anilines is 1. The lowest BCUT2D eigenvalue weighted by Gasteiger charge is -2.31.